The number of hydrogen-bond donors (Lipinski definition) is 2. The van der Waals surface area contributed by atoms with Crippen LogP contribution in [0.1, 0.15) is 50.7 Å². The Balaban J connectivity index is 1.92. The number of aliphatic hydroxyl groups is 1. The van der Waals surface area contributed by atoms with Gasteiger partial charge in [0.25, 0.3) is 5.91 Å². The van der Waals surface area contributed by atoms with Gasteiger partial charge in [0.1, 0.15) is 23.7 Å². The largest absolute Gasteiger partial charge is 0.487 e. The van der Waals surface area contributed by atoms with Gasteiger partial charge >= 0.3 is 0 Å². The Morgan fingerprint density at radius 3 is 2.67 bits per heavy atom. The molecule has 0 aliphatic carbocycles. The molecule has 3 aromatic rings. The van der Waals surface area contributed by atoms with E-state index in [1.165, 1.54) is 11.3 Å². The predicted octanol–water partition coefficient (Wildman–Crippen LogP) is 3.53. The lowest BCUT2D eigenvalue weighted by atomic mass is 9.73. The first-order valence-electron chi connectivity index (χ1n) is 9.95. The van der Waals surface area contributed by atoms with E-state index in [0.717, 1.165) is 21.7 Å². The number of amides is 1. The highest BCUT2D eigenvalue weighted by Crippen LogP contribution is 2.45. The highest BCUT2D eigenvalue weighted by Gasteiger charge is 2.38. The molecule has 1 saturated heterocycles. The molecular formula is C22H26N2O5S. The standard InChI is InChI=1S/C22H26N2O5S/c1-12-18-16(29-14(3)19(18)21(23)26)8-15(22(10-25)4-6-27-7-5-22)20(12)28-9-17-13(2)24-11-30-17/h8,11,25H,4-7,9-10H2,1-3H3,(H2,23,26). The number of primary amides is 1. The number of fused-ring (bicyclic) bond motifs is 1. The molecule has 160 valence electrons. The second kappa shape index (κ2) is 8.02. The van der Waals surface area contributed by atoms with E-state index < -0.39 is 11.3 Å². The molecule has 1 aromatic carbocycles. The summed E-state index contributed by atoms with van der Waals surface area (Å²) in [5, 5.41) is 11.1. The van der Waals surface area contributed by atoms with E-state index in [4.69, 9.17) is 19.6 Å². The van der Waals surface area contributed by atoms with Crippen molar-refractivity contribution in [1.29, 1.82) is 0 Å². The van der Waals surface area contributed by atoms with Crippen molar-refractivity contribution in [2.75, 3.05) is 19.8 Å². The minimum absolute atomic E-state index is 0.0282. The number of aryl methyl sites for hydroxylation is 3. The lowest BCUT2D eigenvalue weighted by Crippen LogP contribution is -2.37. The average Bonchev–Trinajstić information content (AvgIpc) is 3.29. The molecule has 8 heteroatoms. The first-order chi connectivity index (χ1) is 14.4. The van der Waals surface area contributed by atoms with Crippen LogP contribution in [0.15, 0.2) is 16.0 Å². The fourth-order valence-electron chi connectivity index (χ4n) is 4.31. The Labute approximate surface area is 178 Å². The van der Waals surface area contributed by atoms with Crippen LogP contribution in [0.25, 0.3) is 11.0 Å². The number of ether oxygens (including phenoxy) is 2. The van der Waals surface area contributed by atoms with Gasteiger partial charge in [-0.25, -0.2) is 4.98 Å². The topological polar surface area (TPSA) is 108 Å². The van der Waals surface area contributed by atoms with Gasteiger partial charge in [0.2, 0.25) is 0 Å². The van der Waals surface area contributed by atoms with Crippen LogP contribution >= 0.6 is 11.3 Å². The summed E-state index contributed by atoms with van der Waals surface area (Å²) >= 11 is 1.54. The molecule has 3 heterocycles. The molecule has 30 heavy (non-hydrogen) atoms. The van der Waals surface area contributed by atoms with Gasteiger partial charge in [0, 0.05) is 35.1 Å². The van der Waals surface area contributed by atoms with E-state index in [-0.39, 0.29) is 6.61 Å². The third-order valence-electron chi connectivity index (χ3n) is 6.11. The van der Waals surface area contributed by atoms with E-state index >= 15 is 0 Å². The van der Waals surface area contributed by atoms with Gasteiger partial charge in [-0.15, -0.1) is 11.3 Å². The Morgan fingerprint density at radius 2 is 2.07 bits per heavy atom. The molecule has 7 nitrogen and oxygen atoms in total. The predicted molar refractivity (Wildman–Crippen MR) is 114 cm³/mol. The van der Waals surface area contributed by atoms with Crippen molar-refractivity contribution in [3.63, 3.8) is 0 Å². The van der Waals surface area contributed by atoms with Crippen molar-refractivity contribution in [2.45, 2.75) is 45.6 Å². The van der Waals surface area contributed by atoms with Gasteiger partial charge in [-0.1, -0.05) is 0 Å². The molecule has 0 spiro atoms. The van der Waals surface area contributed by atoms with E-state index in [0.29, 0.717) is 60.7 Å². The SMILES string of the molecule is Cc1ncsc1COc1c(C2(CO)CCOCC2)cc2oc(C)c(C(N)=O)c2c1C. The number of thiazole rings is 1. The van der Waals surface area contributed by atoms with Crippen LogP contribution in [0.4, 0.5) is 0 Å². The number of nitrogens with two attached hydrogens (primary N) is 1. The summed E-state index contributed by atoms with van der Waals surface area (Å²) in [7, 11) is 0. The number of aromatic nitrogens is 1. The lowest BCUT2D eigenvalue weighted by Gasteiger charge is -2.37. The molecule has 0 unspecified atom stereocenters. The van der Waals surface area contributed by atoms with Crippen molar-refractivity contribution in [3.05, 3.63) is 44.6 Å². The van der Waals surface area contributed by atoms with Crippen LogP contribution in [0.3, 0.4) is 0 Å². The van der Waals surface area contributed by atoms with Crippen molar-refractivity contribution >= 4 is 28.2 Å². The number of nitrogens with zero attached hydrogens (tertiary/aromatic N) is 1. The maximum Gasteiger partial charge on any atom is 0.252 e. The molecule has 0 atom stereocenters. The Bertz CT molecular complexity index is 1090. The van der Waals surface area contributed by atoms with Gasteiger partial charge in [0.05, 0.1) is 28.3 Å². The number of hydrogen-bond acceptors (Lipinski definition) is 7. The van der Waals surface area contributed by atoms with E-state index in [1.807, 2.05) is 19.9 Å². The molecule has 1 aliphatic rings. The molecule has 1 aliphatic heterocycles. The van der Waals surface area contributed by atoms with Crippen molar-refractivity contribution in [2.24, 2.45) is 5.73 Å². The van der Waals surface area contributed by atoms with Crippen LogP contribution < -0.4 is 10.5 Å². The molecule has 3 N–H and O–H groups in total. The number of rotatable bonds is 6. The number of benzene rings is 1. The Hall–Kier alpha value is -2.42. The third-order valence-corrected chi connectivity index (χ3v) is 7.02. The number of aliphatic hydroxyl groups excluding tert-OH is 1. The van der Waals surface area contributed by atoms with Gasteiger partial charge in [0.15, 0.2) is 0 Å². The second-order valence-electron chi connectivity index (χ2n) is 7.85. The maximum atomic E-state index is 12.1. The second-order valence-corrected chi connectivity index (χ2v) is 8.79. The molecule has 0 bridgehead atoms. The summed E-state index contributed by atoms with van der Waals surface area (Å²) in [6.07, 6.45) is 1.35. The summed E-state index contributed by atoms with van der Waals surface area (Å²) < 4.78 is 17.8. The van der Waals surface area contributed by atoms with E-state index in [2.05, 4.69) is 4.98 Å². The minimum atomic E-state index is -0.533. The monoisotopic (exact) mass is 430 g/mol. The number of carbonyl (C=O) groups is 1. The highest BCUT2D eigenvalue weighted by molar-refractivity contribution is 7.09. The fraction of sp³-hybridized carbons (Fsp3) is 0.455. The van der Waals surface area contributed by atoms with Crippen molar-refractivity contribution in [3.8, 4) is 5.75 Å². The first kappa shape index (κ1) is 20.8. The van der Waals surface area contributed by atoms with Crippen LogP contribution in [0.2, 0.25) is 0 Å². The zero-order valence-corrected chi connectivity index (χ0v) is 18.2. The van der Waals surface area contributed by atoms with Gasteiger partial charge in [-0.3, -0.25) is 4.79 Å². The molecule has 0 radical (unpaired) electrons. The summed E-state index contributed by atoms with van der Waals surface area (Å²) in [5.74, 6) is 0.607. The van der Waals surface area contributed by atoms with Gasteiger partial charge in [-0.05, 0) is 39.7 Å². The van der Waals surface area contributed by atoms with E-state index in [9.17, 15) is 9.90 Å². The normalized spacial score (nSPS) is 16.1. The molecule has 1 fully saturated rings. The van der Waals surface area contributed by atoms with Crippen molar-refractivity contribution in [1.82, 2.24) is 4.98 Å². The molecule has 4 rings (SSSR count). The molecular weight excluding hydrogens is 404 g/mol. The van der Waals surface area contributed by atoms with Crippen LogP contribution in [0, 0.1) is 20.8 Å². The third kappa shape index (κ3) is 3.38. The quantitative estimate of drug-likeness (QED) is 0.619. The fourth-order valence-corrected chi connectivity index (χ4v) is 4.99. The zero-order valence-electron chi connectivity index (χ0n) is 17.4. The Morgan fingerprint density at radius 1 is 1.33 bits per heavy atom. The smallest absolute Gasteiger partial charge is 0.252 e. The Kier molecular flexibility index (Phi) is 5.57. The van der Waals surface area contributed by atoms with Crippen LogP contribution in [0.5, 0.6) is 5.75 Å². The summed E-state index contributed by atoms with van der Waals surface area (Å²) in [5.41, 5.74) is 10.5. The average molecular weight is 431 g/mol. The minimum Gasteiger partial charge on any atom is -0.487 e. The summed E-state index contributed by atoms with van der Waals surface area (Å²) in [6.45, 7) is 7.05. The van der Waals surface area contributed by atoms with E-state index in [1.54, 1.807) is 12.4 Å². The first-order valence-corrected chi connectivity index (χ1v) is 10.8. The lowest BCUT2D eigenvalue weighted by molar-refractivity contribution is 0.0240. The maximum absolute atomic E-state index is 12.1. The van der Waals surface area contributed by atoms with Gasteiger partial charge < -0.3 is 24.7 Å². The van der Waals surface area contributed by atoms with Crippen molar-refractivity contribution < 1.29 is 23.8 Å². The number of furan rings is 1. The zero-order chi connectivity index (χ0) is 21.5. The summed E-state index contributed by atoms with van der Waals surface area (Å²) in [6, 6.07) is 1.90. The highest BCUT2D eigenvalue weighted by atomic mass is 32.1. The van der Waals surface area contributed by atoms with Crippen LogP contribution in [-0.4, -0.2) is 35.8 Å². The molecule has 0 saturated carbocycles. The molecule has 2 aromatic heterocycles. The van der Waals surface area contributed by atoms with Crippen LogP contribution in [-0.2, 0) is 16.8 Å². The summed E-state index contributed by atoms with van der Waals surface area (Å²) in [4.78, 5) is 17.4. The molecule has 1 amide bonds. The number of carbonyl (C=O) groups excluding carboxylic acids is 1. The van der Waals surface area contributed by atoms with Gasteiger partial charge in [-0.2, -0.15) is 0 Å².